The van der Waals surface area contributed by atoms with Crippen molar-refractivity contribution in [1.29, 1.82) is 5.26 Å². The molecule has 0 bridgehead atoms. The molecule has 0 aliphatic heterocycles. The maximum absolute atomic E-state index is 11.6. The van der Waals surface area contributed by atoms with Gasteiger partial charge in [-0.15, -0.1) is 21.5 Å². The monoisotopic (exact) mass is 571 g/mol. The number of pyridine rings is 1. The number of benzene rings is 1. The number of aliphatic imine (C=N–C) groups is 1. The first-order valence-electron chi connectivity index (χ1n) is 13.1. The molecule has 1 aromatic carbocycles. The number of fused-ring (bicyclic) bond motifs is 1. The number of non-ortho nitro benzene ring substituents is 1. The van der Waals surface area contributed by atoms with Gasteiger partial charge in [0, 0.05) is 58.2 Å². The zero-order valence-electron chi connectivity index (χ0n) is 22.8. The van der Waals surface area contributed by atoms with Gasteiger partial charge in [-0.05, 0) is 73.0 Å². The first-order valence-corrected chi connectivity index (χ1v) is 14.7. The summed E-state index contributed by atoms with van der Waals surface area (Å²) in [5.41, 5.74) is 3.38. The van der Waals surface area contributed by atoms with E-state index in [1.807, 2.05) is 23.6 Å². The van der Waals surface area contributed by atoms with Crippen molar-refractivity contribution in [2.24, 2.45) is 16.3 Å². The SMILES string of the molecule is CCn1c(Sc2ccc([N+](=O)[O-])cc2C=Nc2sc3c(c2C#N)CC[C@H](C(C)(C)C)C3)nnc1-c1ccncc1. The van der Waals surface area contributed by atoms with Crippen molar-refractivity contribution in [2.75, 3.05) is 0 Å². The molecule has 0 spiro atoms. The maximum Gasteiger partial charge on any atom is 0.270 e. The van der Waals surface area contributed by atoms with Gasteiger partial charge in [-0.25, -0.2) is 4.99 Å². The van der Waals surface area contributed by atoms with Crippen LogP contribution in [0.3, 0.4) is 0 Å². The van der Waals surface area contributed by atoms with Gasteiger partial charge in [-0.2, -0.15) is 5.26 Å². The molecular weight excluding hydrogens is 543 g/mol. The second-order valence-corrected chi connectivity index (χ2v) is 12.8. The van der Waals surface area contributed by atoms with Gasteiger partial charge in [0.15, 0.2) is 11.0 Å². The van der Waals surface area contributed by atoms with Gasteiger partial charge in [0.05, 0.1) is 10.5 Å². The number of rotatable bonds is 7. The Hall–Kier alpha value is -3.88. The van der Waals surface area contributed by atoms with Gasteiger partial charge < -0.3 is 4.57 Å². The molecular formula is C29H29N7O2S2. The van der Waals surface area contributed by atoms with Crippen molar-refractivity contribution in [3.05, 3.63) is 74.4 Å². The van der Waals surface area contributed by atoms with E-state index in [1.165, 1.54) is 28.8 Å². The van der Waals surface area contributed by atoms with Crippen LogP contribution in [0.25, 0.3) is 11.4 Å². The van der Waals surface area contributed by atoms with Crippen LogP contribution in [0.4, 0.5) is 10.7 Å². The highest BCUT2D eigenvalue weighted by atomic mass is 32.2. The molecule has 40 heavy (non-hydrogen) atoms. The normalized spacial score (nSPS) is 15.2. The van der Waals surface area contributed by atoms with E-state index in [-0.39, 0.29) is 11.1 Å². The van der Waals surface area contributed by atoms with E-state index in [0.717, 1.165) is 41.1 Å². The van der Waals surface area contributed by atoms with E-state index in [4.69, 9.17) is 4.99 Å². The van der Waals surface area contributed by atoms with Crippen LogP contribution >= 0.6 is 23.1 Å². The van der Waals surface area contributed by atoms with E-state index in [9.17, 15) is 15.4 Å². The van der Waals surface area contributed by atoms with Gasteiger partial charge in [-0.3, -0.25) is 15.1 Å². The number of nitro benzene ring substituents is 1. The molecule has 0 fully saturated rings. The second kappa shape index (κ2) is 11.3. The number of aromatic nitrogens is 4. The molecule has 3 aromatic heterocycles. The van der Waals surface area contributed by atoms with Crippen molar-refractivity contribution in [2.45, 2.75) is 63.6 Å². The number of nitrogens with zero attached hydrogens (tertiary/aromatic N) is 7. The van der Waals surface area contributed by atoms with Crippen molar-refractivity contribution in [3.8, 4) is 17.5 Å². The van der Waals surface area contributed by atoms with Gasteiger partial charge >= 0.3 is 0 Å². The highest BCUT2D eigenvalue weighted by Gasteiger charge is 2.32. The molecule has 1 aliphatic rings. The second-order valence-electron chi connectivity index (χ2n) is 10.7. The Morgan fingerprint density at radius 2 is 2.05 bits per heavy atom. The van der Waals surface area contributed by atoms with Crippen molar-refractivity contribution in [3.63, 3.8) is 0 Å². The molecule has 11 heteroatoms. The van der Waals surface area contributed by atoms with E-state index < -0.39 is 4.92 Å². The van der Waals surface area contributed by atoms with Crippen LogP contribution in [0.2, 0.25) is 0 Å². The van der Waals surface area contributed by atoms with E-state index >= 15 is 0 Å². The standard InChI is InChI=1S/C29H29N7O2S2/c1-5-35-26(18-10-12-31-13-11-18)33-34-28(35)40-24-9-7-21(36(37)38)14-19(24)17-32-27-23(16-30)22-8-6-20(29(2,3)4)15-25(22)39-27/h7,9-14,17,20H,5-6,8,15H2,1-4H3/t20-/m0/s1. The summed E-state index contributed by atoms with van der Waals surface area (Å²) in [5, 5.41) is 31.7. The number of nitro groups is 1. The molecule has 204 valence electrons. The lowest BCUT2D eigenvalue weighted by molar-refractivity contribution is -0.384. The lowest BCUT2D eigenvalue weighted by Crippen LogP contribution is -2.26. The average Bonchev–Trinajstić information content (AvgIpc) is 3.52. The number of hydrogen-bond donors (Lipinski definition) is 0. The predicted octanol–water partition coefficient (Wildman–Crippen LogP) is 7.25. The van der Waals surface area contributed by atoms with E-state index in [1.54, 1.807) is 36.0 Å². The largest absolute Gasteiger partial charge is 0.302 e. The summed E-state index contributed by atoms with van der Waals surface area (Å²) in [6.45, 7) is 9.46. The fourth-order valence-electron chi connectivity index (χ4n) is 4.95. The van der Waals surface area contributed by atoms with Gasteiger partial charge in [0.1, 0.15) is 11.1 Å². The summed E-state index contributed by atoms with van der Waals surface area (Å²) in [5.74, 6) is 1.27. The molecule has 0 unspecified atom stereocenters. The summed E-state index contributed by atoms with van der Waals surface area (Å²) < 4.78 is 2.00. The number of nitriles is 1. The quantitative estimate of drug-likeness (QED) is 0.130. The fraction of sp³-hybridized carbons (Fsp3) is 0.345. The molecule has 1 atom stereocenters. The Morgan fingerprint density at radius 1 is 1.27 bits per heavy atom. The first kappa shape index (κ1) is 27.7. The molecule has 1 aliphatic carbocycles. The molecule has 0 saturated carbocycles. The summed E-state index contributed by atoms with van der Waals surface area (Å²) in [4.78, 5) is 21.9. The third kappa shape index (κ3) is 5.55. The van der Waals surface area contributed by atoms with Gasteiger partial charge in [0.25, 0.3) is 5.69 Å². The van der Waals surface area contributed by atoms with Crippen molar-refractivity contribution in [1.82, 2.24) is 19.7 Å². The summed E-state index contributed by atoms with van der Waals surface area (Å²) in [6.07, 6.45) is 7.92. The zero-order valence-corrected chi connectivity index (χ0v) is 24.4. The number of thiophene rings is 1. The minimum absolute atomic E-state index is 0.0285. The zero-order chi connectivity index (χ0) is 28.4. The predicted molar refractivity (Wildman–Crippen MR) is 157 cm³/mol. The molecule has 5 rings (SSSR count). The third-order valence-electron chi connectivity index (χ3n) is 7.28. The van der Waals surface area contributed by atoms with Crippen LogP contribution in [0.5, 0.6) is 0 Å². The smallest absolute Gasteiger partial charge is 0.270 e. The van der Waals surface area contributed by atoms with Crippen molar-refractivity contribution < 1.29 is 4.92 Å². The topological polar surface area (TPSA) is 123 Å². The van der Waals surface area contributed by atoms with Crippen LogP contribution < -0.4 is 0 Å². The van der Waals surface area contributed by atoms with Crippen LogP contribution in [-0.2, 0) is 19.4 Å². The van der Waals surface area contributed by atoms with Crippen molar-refractivity contribution >= 4 is 40.0 Å². The van der Waals surface area contributed by atoms with E-state index in [2.05, 4.69) is 42.0 Å². The summed E-state index contributed by atoms with van der Waals surface area (Å²) >= 11 is 2.94. The lowest BCUT2D eigenvalue weighted by atomic mass is 9.72. The molecule has 0 N–H and O–H groups in total. The lowest BCUT2D eigenvalue weighted by Gasteiger charge is -2.33. The Morgan fingerprint density at radius 3 is 2.73 bits per heavy atom. The van der Waals surface area contributed by atoms with Gasteiger partial charge in [-0.1, -0.05) is 20.8 Å². The van der Waals surface area contributed by atoms with Gasteiger partial charge in [0.2, 0.25) is 0 Å². The minimum Gasteiger partial charge on any atom is -0.302 e. The molecule has 0 amide bonds. The molecule has 9 nitrogen and oxygen atoms in total. The van der Waals surface area contributed by atoms with Crippen LogP contribution in [0.15, 0.2) is 57.8 Å². The fourth-order valence-corrected chi connectivity index (χ4v) is 7.14. The maximum atomic E-state index is 11.6. The Balaban J connectivity index is 1.50. The summed E-state index contributed by atoms with van der Waals surface area (Å²) in [6, 6.07) is 10.8. The van der Waals surface area contributed by atoms with Crippen LogP contribution in [-0.4, -0.2) is 30.9 Å². The highest BCUT2D eigenvalue weighted by molar-refractivity contribution is 7.99. The number of hydrogen-bond acceptors (Lipinski definition) is 9. The Labute approximate surface area is 241 Å². The molecule has 3 heterocycles. The Kier molecular flexibility index (Phi) is 7.83. The van der Waals surface area contributed by atoms with Crippen LogP contribution in [0, 0.1) is 32.8 Å². The average molecular weight is 572 g/mol. The minimum atomic E-state index is -0.418. The molecule has 0 saturated heterocycles. The first-order chi connectivity index (χ1) is 19.2. The molecule has 4 aromatic rings. The highest BCUT2D eigenvalue weighted by Crippen LogP contribution is 2.45. The Bertz CT molecular complexity index is 1630. The van der Waals surface area contributed by atoms with E-state index in [0.29, 0.717) is 33.7 Å². The summed E-state index contributed by atoms with van der Waals surface area (Å²) in [7, 11) is 0. The molecule has 0 radical (unpaired) electrons. The third-order valence-corrected chi connectivity index (χ3v) is 9.52. The van der Waals surface area contributed by atoms with Crippen LogP contribution in [0.1, 0.15) is 55.7 Å².